The molecule has 0 spiro atoms. The topological polar surface area (TPSA) is 86.3 Å². The Labute approximate surface area is 150 Å². The summed E-state index contributed by atoms with van der Waals surface area (Å²) in [6.07, 6.45) is -0.280. The van der Waals surface area contributed by atoms with E-state index in [1.165, 1.54) is 0 Å². The van der Waals surface area contributed by atoms with Gasteiger partial charge in [0.05, 0.1) is 19.1 Å². The van der Waals surface area contributed by atoms with Crippen molar-refractivity contribution in [1.82, 2.24) is 20.4 Å². The van der Waals surface area contributed by atoms with Gasteiger partial charge in [-0.1, -0.05) is 0 Å². The van der Waals surface area contributed by atoms with Gasteiger partial charge in [-0.15, -0.1) is 0 Å². The predicted molar refractivity (Wildman–Crippen MR) is 96.5 cm³/mol. The highest BCUT2D eigenvalue weighted by atomic mass is 16.6. The van der Waals surface area contributed by atoms with Crippen LogP contribution in [0.2, 0.25) is 0 Å². The third kappa shape index (κ3) is 5.79. The Morgan fingerprint density at radius 2 is 1.88 bits per heavy atom. The normalized spacial score (nSPS) is 20.7. The molecule has 0 aromatic rings. The van der Waals surface area contributed by atoms with Gasteiger partial charge < -0.3 is 25.2 Å². The summed E-state index contributed by atoms with van der Waals surface area (Å²) in [6.45, 7) is 14.1. The summed E-state index contributed by atoms with van der Waals surface area (Å²) in [4.78, 5) is 32.5. The van der Waals surface area contributed by atoms with E-state index < -0.39 is 5.60 Å². The Balaban J connectivity index is 1.82. The number of rotatable bonds is 2. The van der Waals surface area contributed by atoms with E-state index in [1.54, 1.807) is 4.90 Å². The van der Waals surface area contributed by atoms with Gasteiger partial charge in [-0.05, 0) is 41.5 Å². The number of nitrogens with zero attached hydrogens (tertiary/aromatic N) is 3. The smallest absolute Gasteiger partial charge is 0.410 e. The minimum absolute atomic E-state index is 0.0639. The van der Waals surface area contributed by atoms with Crippen molar-refractivity contribution in [1.29, 1.82) is 0 Å². The van der Waals surface area contributed by atoms with E-state index in [9.17, 15) is 9.59 Å². The second-order valence-electron chi connectivity index (χ2n) is 8.59. The maximum absolute atomic E-state index is 12.2. The molecule has 8 nitrogen and oxygen atoms in total. The fourth-order valence-electron chi connectivity index (χ4n) is 2.84. The summed E-state index contributed by atoms with van der Waals surface area (Å²) >= 11 is 0. The van der Waals surface area contributed by atoms with Crippen molar-refractivity contribution in [2.24, 2.45) is 4.99 Å². The van der Waals surface area contributed by atoms with E-state index in [-0.39, 0.29) is 30.1 Å². The van der Waals surface area contributed by atoms with E-state index in [0.717, 1.165) is 5.96 Å². The Hall–Kier alpha value is -1.99. The van der Waals surface area contributed by atoms with Gasteiger partial charge in [0.1, 0.15) is 5.60 Å². The van der Waals surface area contributed by atoms with Gasteiger partial charge in [0.2, 0.25) is 5.91 Å². The molecule has 0 radical (unpaired) electrons. The third-order valence-corrected chi connectivity index (χ3v) is 3.78. The highest BCUT2D eigenvalue weighted by Gasteiger charge is 2.36. The molecule has 25 heavy (non-hydrogen) atoms. The number of hydrogen-bond donors (Lipinski definition) is 2. The molecule has 2 rings (SSSR count). The fourth-order valence-corrected chi connectivity index (χ4v) is 2.84. The Morgan fingerprint density at radius 3 is 2.48 bits per heavy atom. The molecule has 0 saturated carbocycles. The van der Waals surface area contributed by atoms with E-state index in [4.69, 9.17) is 4.74 Å². The number of amides is 2. The lowest BCUT2D eigenvalue weighted by Crippen LogP contribution is -2.58. The van der Waals surface area contributed by atoms with Crippen molar-refractivity contribution in [3.05, 3.63) is 0 Å². The molecular weight excluding hydrogens is 322 g/mol. The highest BCUT2D eigenvalue weighted by molar-refractivity contribution is 5.88. The van der Waals surface area contributed by atoms with Crippen molar-refractivity contribution < 1.29 is 14.3 Å². The molecule has 1 atom stereocenters. The van der Waals surface area contributed by atoms with E-state index >= 15 is 0 Å². The molecule has 2 aliphatic heterocycles. The van der Waals surface area contributed by atoms with Crippen LogP contribution < -0.4 is 10.6 Å². The second-order valence-corrected chi connectivity index (χ2v) is 8.59. The number of carbonyl (C=O) groups excluding carboxylic acids is 2. The van der Waals surface area contributed by atoms with Crippen molar-refractivity contribution in [2.45, 2.75) is 58.7 Å². The lowest BCUT2D eigenvalue weighted by molar-refractivity contribution is -0.121. The van der Waals surface area contributed by atoms with Crippen LogP contribution >= 0.6 is 0 Å². The van der Waals surface area contributed by atoms with Crippen LogP contribution in [0, 0.1) is 0 Å². The number of hydrogen-bond acceptors (Lipinski definition) is 6. The van der Waals surface area contributed by atoms with Gasteiger partial charge >= 0.3 is 6.09 Å². The molecule has 1 unspecified atom stereocenters. The number of ether oxygens (including phenoxy) is 1. The van der Waals surface area contributed by atoms with Crippen LogP contribution in [0.4, 0.5) is 4.79 Å². The largest absolute Gasteiger partial charge is 0.444 e. The van der Waals surface area contributed by atoms with Gasteiger partial charge in [0, 0.05) is 25.2 Å². The molecule has 8 heteroatoms. The monoisotopic (exact) mass is 353 g/mol. The van der Waals surface area contributed by atoms with Crippen molar-refractivity contribution in [3.8, 4) is 0 Å². The van der Waals surface area contributed by atoms with Crippen molar-refractivity contribution in [3.63, 3.8) is 0 Å². The zero-order chi connectivity index (χ0) is 18.8. The lowest BCUT2D eigenvalue weighted by atomic mass is 10.1. The van der Waals surface area contributed by atoms with Crippen LogP contribution in [-0.2, 0) is 9.53 Å². The molecule has 0 bridgehead atoms. The molecule has 1 saturated heterocycles. The van der Waals surface area contributed by atoms with Crippen LogP contribution in [0.15, 0.2) is 4.99 Å². The molecule has 142 valence electrons. The van der Waals surface area contributed by atoms with E-state index in [1.807, 2.05) is 41.5 Å². The van der Waals surface area contributed by atoms with Gasteiger partial charge in [-0.2, -0.15) is 0 Å². The molecule has 0 aromatic heterocycles. The van der Waals surface area contributed by atoms with Gasteiger partial charge in [0.15, 0.2) is 5.96 Å². The molecular formula is C17H31N5O3. The number of piperazine rings is 1. The fraction of sp³-hybridized carbons (Fsp3) is 0.824. The first kappa shape index (κ1) is 19.3. The maximum Gasteiger partial charge on any atom is 0.410 e. The van der Waals surface area contributed by atoms with Crippen LogP contribution in [0.3, 0.4) is 0 Å². The maximum atomic E-state index is 12.2. The quantitative estimate of drug-likeness (QED) is 0.766. The molecule has 2 amide bonds. The first-order valence-electron chi connectivity index (χ1n) is 8.78. The SMILES string of the molecule is CC(C)(C)NC(=O)CNC1=NCC2CN(C(=O)OC(C)(C)C)CCN12. The third-order valence-electron chi connectivity index (χ3n) is 3.78. The van der Waals surface area contributed by atoms with E-state index in [2.05, 4.69) is 20.5 Å². The van der Waals surface area contributed by atoms with Gasteiger partial charge in [-0.25, -0.2) is 4.79 Å². The summed E-state index contributed by atoms with van der Waals surface area (Å²) in [5, 5.41) is 6.03. The molecule has 0 aliphatic carbocycles. The summed E-state index contributed by atoms with van der Waals surface area (Å²) in [7, 11) is 0. The minimum Gasteiger partial charge on any atom is -0.444 e. The predicted octanol–water partition coefficient (Wildman–Crippen LogP) is 0.782. The number of carbonyl (C=O) groups is 2. The van der Waals surface area contributed by atoms with Crippen LogP contribution in [0.5, 0.6) is 0 Å². The minimum atomic E-state index is -0.493. The van der Waals surface area contributed by atoms with Crippen LogP contribution in [0.25, 0.3) is 0 Å². The first-order chi connectivity index (χ1) is 11.4. The Morgan fingerprint density at radius 1 is 1.20 bits per heavy atom. The summed E-state index contributed by atoms with van der Waals surface area (Å²) in [6, 6.07) is 0.134. The van der Waals surface area contributed by atoms with Gasteiger partial charge in [-0.3, -0.25) is 9.79 Å². The number of fused-ring (bicyclic) bond motifs is 1. The number of aliphatic imine (C=N–C) groups is 1. The number of nitrogens with one attached hydrogen (secondary N) is 2. The van der Waals surface area contributed by atoms with Crippen LogP contribution in [-0.4, -0.2) is 77.7 Å². The van der Waals surface area contributed by atoms with Crippen molar-refractivity contribution in [2.75, 3.05) is 32.7 Å². The molecule has 2 aliphatic rings. The molecule has 0 aromatic carbocycles. The summed E-state index contributed by atoms with van der Waals surface area (Å²) < 4.78 is 5.44. The number of guanidine groups is 1. The summed E-state index contributed by atoms with van der Waals surface area (Å²) in [5.74, 6) is 0.670. The van der Waals surface area contributed by atoms with Crippen LogP contribution in [0.1, 0.15) is 41.5 Å². The highest BCUT2D eigenvalue weighted by Crippen LogP contribution is 2.18. The molecule has 1 fully saturated rings. The summed E-state index contributed by atoms with van der Waals surface area (Å²) in [5.41, 5.74) is -0.745. The zero-order valence-corrected chi connectivity index (χ0v) is 16.2. The first-order valence-corrected chi connectivity index (χ1v) is 8.78. The van der Waals surface area contributed by atoms with E-state index in [0.29, 0.717) is 26.2 Å². The zero-order valence-electron chi connectivity index (χ0n) is 16.2. The Bertz CT molecular complexity index is 547. The average molecular weight is 353 g/mol. The van der Waals surface area contributed by atoms with Crippen molar-refractivity contribution >= 4 is 18.0 Å². The lowest BCUT2D eigenvalue weighted by Gasteiger charge is -2.39. The molecule has 2 N–H and O–H groups in total. The Kier molecular flexibility index (Phi) is 5.49. The average Bonchev–Trinajstić information content (AvgIpc) is 2.83. The second kappa shape index (κ2) is 7.09. The standard InChI is InChI=1S/C17H31N5O3/c1-16(2,3)20-13(23)10-19-14-18-9-12-11-21(7-8-22(12)14)15(24)25-17(4,5)6/h12H,7-11H2,1-6H3,(H,18,19)(H,20,23). The van der Waals surface area contributed by atoms with Gasteiger partial charge in [0.25, 0.3) is 0 Å². The molecule has 2 heterocycles.